The maximum absolute atomic E-state index is 11.9. The third kappa shape index (κ3) is 16.3. The number of rotatable bonds is 12. The highest BCUT2D eigenvalue weighted by Gasteiger charge is 2.33. The van der Waals surface area contributed by atoms with Gasteiger partial charge in [-0.1, -0.05) is 36.4 Å². The molecule has 6 aromatic rings. The fourth-order valence-electron chi connectivity index (χ4n) is 11.8. The van der Waals surface area contributed by atoms with Crippen LogP contribution in [0.4, 0.5) is 82.6 Å². The molecule has 6 aliphatic rings. The van der Waals surface area contributed by atoms with Gasteiger partial charge >= 0.3 is 18.1 Å². The number of aliphatic hydroxyl groups excluding tert-OH is 2. The Balaban J connectivity index is 0.000000160. The van der Waals surface area contributed by atoms with Gasteiger partial charge in [-0.15, -0.1) is 0 Å². The molecule has 0 spiro atoms. The number of fused-ring (bicyclic) bond motifs is 6. The predicted octanol–water partition coefficient (Wildman–Crippen LogP) is 7.80. The first-order valence-electron chi connectivity index (χ1n) is 31.0. The van der Waals surface area contributed by atoms with Gasteiger partial charge in [-0.05, 0) is 106 Å². The Hall–Kier alpha value is -8.90. The van der Waals surface area contributed by atoms with E-state index < -0.39 is 30.1 Å². The van der Waals surface area contributed by atoms with Crippen molar-refractivity contribution in [2.24, 2.45) is 0 Å². The van der Waals surface area contributed by atoms with Crippen LogP contribution in [0.25, 0.3) is 0 Å². The van der Waals surface area contributed by atoms with Crippen molar-refractivity contribution in [2.75, 3.05) is 180 Å². The summed E-state index contributed by atoms with van der Waals surface area (Å²) in [7, 11) is 6.89. The Bertz CT molecular complexity index is 4010. The van der Waals surface area contributed by atoms with Crippen LogP contribution in [-0.2, 0) is 69.0 Å². The van der Waals surface area contributed by atoms with Crippen LogP contribution < -0.4 is 60.3 Å². The van der Waals surface area contributed by atoms with Gasteiger partial charge in [0.2, 0.25) is 30.1 Å². The summed E-state index contributed by atoms with van der Waals surface area (Å²) in [6, 6.07) is 34.4. The molecule has 0 radical (unpaired) electrons. The molecule has 10 N–H and O–H groups in total. The van der Waals surface area contributed by atoms with Crippen molar-refractivity contribution in [3.63, 3.8) is 0 Å². The van der Waals surface area contributed by atoms with Crippen molar-refractivity contribution in [3.05, 3.63) is 143 Å². The molecule has 26 nitrogen and oxygen atoms in total. The average molecular weight is 1350 g/mol. The van der Waals surface area contributed by atoms with E-state index in [1.165, 1.54) is 18.5 Å². The van der Waals surface area contributed by atoms with Gasteiger partial charge in [-0.3, -0.25) is 17.8 Å². The molecule has 0 atom stereocenters. The molecule has 0 aliphatic carbocycles. The molecule has 6 aliphatic heterocycles. The highest BCUT2D eigenvalue weighted by Crippen LogP contribution is 2.38. The molecular weight excluding hydrogens is 1260 g/mol. The maximum atomic E-state index is 11.9. The van der Waals surface area contributed by atoms with Crippen LogP contribution in [0.2, 0.25) is 0 Å². The lowest BCUT2D eigenvalue weighted by molar-refractivity contribution is 0.183. The van der Waals surface area contributed by atoms with Crippen molar-refractivity contribution in [1.82, 2.24) is 14.7 Å². The van der Waals surface area contributed by atoms with Crippen LogP contribution in [-0.4, -0.2) is 188 Å². The molecule has 0 saturated carbocycles. The number of nitrogens with one attached hydrogen (secondary N) is 8. The lowest BCUT2D eigenvalue weighted by atomic mass is 10.1. The van der Waals surface area contributed by atoms with E-state index in [2.05, 4.69) is 42.5 Å². The van der Waals surface area contributed by atoms with Gasteiger partial charge in [0, 0.05) is 162 Å². The number of hydrogen-bond donors (Lipinski definition) is 10. The summed E-state index contributed by atoms with van der Waals surface area (Å²) in [6.45, 7) is 7.18. The molecule has 0 aromatic heterocycles. The predicted molar refractivity (Wildman–Crippen MR) is 381 cm³/mol. The molecule has 29 heteroatoms. The molecule has 0 bridgehead atoms. The number of β-amino-alcohol motifs (C(OH)–C–C–N with tert-alkyl or cyclic N) is 2. The van der Waals surface area contributed by atoms with Gasteiger partial charge in [-0.2, -0.15) is 0 Å². The molecule has 6 amide bonds. The zero-order chi connectivity index (χ0) is 68.7. The van der Waals surface area contributed by atoms with E-state index in [9.17, 15) is 39.6 Å². The van der Waals surface area contributed by atoms with Crippen LogP contribution in [0.3, 0.4) is 0 Å². The van der Waals surface area contributed by atoms with Gasteiger partial charge in [0.25, 0.3) is 0 Å². The molecule has 6 aromatic carbocycles. The summed E-state index contributed by atoms with van der Waals surface area (Å²) in [5, 5.41) is 42.2. The number of hydrogen-bond acceptors (Lipinski definition) is 17. The normalized spacial score (nSPS) is 16.4. The Morgan fingerprint density at radius 3 is 1.21 bits per heavy atom. The summed E-state index contributed by atoms with van der Waals surface area (Å²) in [6.07, 6.45) is 1.68. The van der Waals surface area contributed by atoms with Crippen LogP contribution in [0.15, 0.2) is 109 Å². The fraction of sp³-hybridized carbons (Fsp3) is 0.400. The Morgan fingerprint density at radius 1 is 0.415 bits per heavy atom. The number of amides is 6. The van der Waals surface area contributed by atoms with Crippen LogP contribution in [0, 0.1) is 0 Å². The summed E-state index contributed by atoms with van der Waals surface area (Å²) in [4.78, 5) is 41.7. The quantitative estimate of drug-likeness (QED) is 0.0559. The number of nitrogens with zero attached hydrogens (tertiary/aromatic N) is 7. The van der Waals surface area contributed by atoms with Crippen molar-refractivity contribution >= 4 is 116 Å². The Labute approximate surface area is 553 Å². The SMILES string of the molecule is CCN1Cc2c(NC)cccc2NC1=O.CCN1c2cccc(NC)c2CCS1(=O)=O.CNc1cccc2c1CCS(=O)(=O)N2C.CNc1cccc2c1CCS(=O)(=O)N2CCO.CNc1cccc2c1CN(C)C(=O)N2C.CNc1cccc2c1CN(CCO)C(=O)N2. The summed E-state index contributed by atoms with van der Waals surface area (Å²) >= 11 is 0. The van der Waals surface area contributed by atoms with E-state index >= 15 is 0 Å². The van der Waals surface area contributed by atoms with Crippen molar-refractivity contribution < 1.29 is 49.9 Å². The van der Waals surface area contributed by atoms with E-state index in [1.54, 1.807) is 39.8 Å². The third-order valence-corrected chi connectivity index (χ3v) is 22.2. The molecule has 0 fully saturated rings. The number of anilines is 12. The zero-order valence-electron chi connectivity index (χ0n) is 55.4. The molecule has 12 rings (SSSR count). The fourth-order valence-corrected chi connectivity index (χ4v) is 16.1. The maximum Gasteiger partial charge on any atom is 0.324 e. The smallest absolute Gasteiger partial charge is 0.324 e. The minimum absolute atomic E-state index is 0.0155. The molecule has 6 heterocycles. The van der Waals surface area contributed by atoms with Gasteiger partial charge < -0.3 is 67.4 Å². The number of urea groups is 3. The van der Waals surface area contributed by atoms with E-state index in [0.29, 0.717) is 57.7 Å². The molecule has 94 heavy (non-hydrogen) atoms. The first-order chi connectivity index (χ1) is 44.9. The zero-order valence-corrected chi connectivity index (χ0v) is 57.9. The van der Waals surface area contributed by atoms with Gasteiger partial charge in [0.05, 0.1) is 79.4 Å². The standard InChI is InChI=1S/C11H15N3O2.2C11H15N3O.C11H16N2O3S.C11H16N2O2S.C10H14N2O2S/c1-12-9-3-2-4-10-8(9)7-14(5-6-15)11(16)13-10;1-12-9-5-4-6-10-8(9)7-13(2)11(15)14(10)3;1-3-14-7-8-9(12-2)5-4-6-10(8)13-11(14)15;1-12-10-3-2-4-11-9(10)5-8-17(15,16)13(11)6-7-14;1-3-13-11-6-4-5-10(12-2)9(11)7-8-16(13,14)15;1-11-9-4-3-5-10-8(9)6-7-15(13,14)12(10)2/h2-4,12,15H,5-7H2,1H3,(H,13,16);4-6,12H,7H2,1-3H3;4-6,12H,3,7H2,1-2H3,(H,13,15);2-4,12,14H,5-8H2,1H3;4-6,12H,3,7-8H2,1-2H3;3-5,11H,6-7H2,1-2H3. The summed E-state index contributed by atoms with van der Waals surface area (Å²) in [5.74, 6) is 0.487. The van der Waals surface area contributed by atoms with E-state index in [-0.39, 0.29) is 55.1 Å². The second-order valence-electron chi connectivity index (χ2n) is 22.2. The topological polar surface area (TPSA) is 313 Å². The monoisotopic (exact) mass is 1350 g/mol. The van der Waals surface area contributed by atoms with E-state index in [4.69, 9.17) is 10.2 Å². The van der Waals surface area contributed by atoms with Crippen molar-refractivity contribution in [1.29, 1.82) is 0 Å². The number of carbonyl (C=O) groups is 3. The largest absolute Gasteiger partial charge is 0.395 e. The molecule has 0 unspecified atom stereocenters. The number of benzene rings is 6. The lowest BCUT2D eigenvalue weighted by Crippen LogP contribution is -2.43. The Kier molecular flexibility index (Phi) is 24.9. The average Bonchev–Trinajstić information content (AvgIpc) is 0.804. The van der Waals surface area contributed by atoms with Crippen LogP contribution in [0.1, 0.15) is 47.2 Å². The van der Waals surface area contributed by atoms with E-state index in [1.807, 2.05) is 166 Å². The van der Waals surface area contributed by atoms with Gasteiger partial charge in [0.1, 0.15) is 0 Å². The minimum atomic E-state index is -3.28. The van der Waals surface area contributed by atoms with Crippen molar-refractivity contribution in [2.45, 2.75) is 52.7 Å². The molecule has 510 valence electrons. The second-order valence-corrected chi connectivity index (χ2v) is 28.4. The van der Waals surface area contributed by atoms with Crippen molar-refractivity contribution in [3.8, 4) is 0 Å². The summed E-state index contributed by atoms with van der Waals surface area (Å²) in [5.41, 5.74) is 17.7. The molecular formula is C65H91N15O11S3. The number of sulfonamides is 3. The lowest BCUT2D eigenvalue weighted by Gasteiger charge is -2.33. The first-order valence-corrected chi connectivity index (χ1v) is 35.8. The number of aliphatic hydroxyl groups is 2. The van der Waals surface area contributed by atoms with Crippen LogP contribution >= 0.6 is 0 Å². The van der Waals surface area contributed by atoms with Gasteiger partial charge in [0.15, 0.2) is 0 Å². The summed E-state index contributed by atoms with van der Waals surface area (Å²) < 4.78 is 75.1. The number of carbonyl (C=O) groups excluding carboxylic acids is 3. The van der Waals surface area contributed by atoms with Gasteiger partial charge in [-0.25, -0.2) is 39.6 Å². The third-order valence-electron chi connectivity index (χ3n) is 16.8. The second kappa shape index (κ2) is 32.3. The Morgan fingerprint density at radius 2 is 0.777 bits per heavy atom. The molecule has 0 saturated heterocycles. The highest BCUT2D eigenvalue weighted by atomic mass is 32.2. The highest BCUT2D eigenvalue weighted by molar-refractivity contribution is 7.93. The minimum Gasteiger partial charge on any atom is -0.395 e. The van der Waals surface area contributed by atoms with E-state index in [0.717, 1.165) is 96.9 Å². The first kappa shape index (κ1) is 72.5. The van der Waals surface area contributed by atoms with Crippen LogP contribution in [0.5, 0.6) is 0 Å².